The topological polar surface area (TPSA) is 66.4 Å². The molecule has 0 saturated carbocycles. The van der Waals surface area contributed by atoms with Crippen molar-refractivity contribution < 1.29 is 9.59 Å². The Bertz CT molecular complexity index is 948. The Morgan fingerprint density at radius 1 is 0.963 bits per heavy atom. The molecule has 6 heteroatoms. The summed E-state index contributed by atoms with van der Waals surface area (Å²) in [4.78, 5) is 26.4. The maximum absolute atomic E-state index is 12.8. The minimum atomic E-state index is -0.157. The predicted molar refractivity (Wildman–Crippen MR) is 109 cm³/mol. The zero-order valence-corrected chi connectivity index (χ0v) is 16.0. The van der Waals surface area contributed by atoms with Crippen molar-refractivity contribution in [1.82, 2.24) is 9.47 Å². The van der Waals surface area contributed by atoms with Crippen LogP contribution in [0.2, 0.25) is 0 Å². The van der Waals surface area contributed by atoms with Gasteiger partial charge < -0.3 is 20.1 Å². The minimum absolute atomic E-state index is 0.0806. The lowest BCUT2D eigenvalue weighted by Crippen LogP contribution is -2.27. The lowest BCUT2D eigenvalue weighted by Gasteiger charge is -2.11. The van der Waals surface area contributed by atoms with Crippen LogP contribution in [-0.4, -0.2) is 41.9 Å². The first kappa shape index (κ1) is 18.7. The zero-order valence-electron chi connectivity index (χ0n) is 16.0. The summed E-state index contributed by atoms with van der Waals surface area (Å²) < 4.78 is 1.91. The van der Waals surface area contributed by atoms with Crippen molar-refractivity contribution in [3.8, 4) is 0 Å². The van der Waals surface area contributed by atoms with Gasteiger partial charge in [-0.3, -0.25) is 9.59 Å². The third-order valence-electron chi connectivity index (χ3n) is 4.46. The van der Waals surface area contributed by atoms with Gasteiger partial charge in [-0.25, -0.2) is 0 Å². The van der Waals surface area contributed by atoms with Crippen molar-refractivity contribution in [2.75, 3.05) is 31.3 Å². The average Bonchev–Trinajstić information content (AvgIpc) is 2.87. The van der Waals surface area contributed by atoms with Crippen molar-refractivity contribution in [2.24, 2.45) is 7.05 Å². The SMILES string of the molecule is Cc1c(C(=O)Nc2ccc(NC(=O)CN(C)C)cc2)n(C)c2ccccc12. The first-order valence-electron chi connectivity index (χ1n) is 8.77. The van der Waals surface area contributed by atoms with Crippen molar-refractivity contribution in [3.05, 3.63) is 59.8 Å². The molecule has 2 amide bonds. The Hall–Kier alpha value is -3.12. The highest BCUT2D eigenvalue weighted by Crippen LogP contribution is 2.25. The number of para-hydroxylation sites is 1. The van der Waals surface area contributed by atoms with E-state index in [1.54, 1.807) is 29.2 Å². The molecule has 0 atom stereocenters. The van der Waals surface area contributed by atoms with E-state index in [1.807, 2.05) is 56.9 Å². The molecule has 0 saturated heterocycles. The molecular formula is C21H24N4O2. The number of fused-ring (bicyclic) bond motifs is 1. The second-order valence-corrected chi connectivity index (χ2v) is 6.87. The number of carbonyl (C=O) groups is 2. The molecule has 0 aliphatic carbocycles. The predicted octanol–water partition coefficient (Wildman–Crippen LogP) is 3.24. The maximum Gasteiger partial charge on any atom is 0.272 e. The standard InChI is InChI=1S/C21H24N4O2/c1-14-17-7-5-6-8-18(17)25(4)20(14)21(27)23-16-11-9-15(10-12-16)22-19(26)13-24(2)3/h5-12H,13H2,1-4H3,(H,22,26)(H,23,27). The van der Waals surface area contributed by atoms with Crippen molar-refractivity contribution in [1.29, 1.82) is 0 Å². The maximum atomic E-state index is 12.8. The number of aryl methyl sites for hydroxylation is 2. The van der Waals surface area contributed by atoms with E-state index in [2.05, 4.69) is 10.6 Å². The molecule has 0 fully saturated rings. The molecule has 0 spiro atoms. The van der Waals surface area contributed by atoms with Crippen LogP contribution < -0.4 is 10.6 Å². The molecule has 0 bridgehead atoms. The van der Waals surface area contributed by atoms with Crippen LogP contribution in [0.25, 0.3) is 10.9 Å². The first-order chi connectivity index (χ1) is 12.9. The van der Waals surface area contributed by atoms with Crippen LogP contribution in [0.3, 0.4) is 0 Å². The van der Waals surface area contributed by atoms with Crippen LogP contribution in [0.15, 0.2) is 48.5 Å². The Kier molecular flexibility index (Phi) is 5.28. The van der Waals surface area contributed by atoms with Crippen LogP contribution in [0, 0.1) is 6.92 Å². The summed E-state index contributed by atoms with van der Waals surface area (Å²) >= 11 is 0. The molecule has 2 aromatic carbocycles. The molecule has 6 nitrogen and oxygen atoms in total. The average molecular weight is 364 g/mol. The van der Waals surface area contributed by atoms with Gasteiger partial charge >= 0.3 is 0 Å². The number of benzene rings is 2. The Balaban J connectivity index is 1.74. The molecule has 3 aromatic rings. The number of likely N-dealkylation sites (N-methyl/N-ethyl adjacent to an activating group) is 1. The molecule has 27 heavy (non-hydrogen) atoms. The normalized spacial score (nSPS) is 11.0. The van der Waals surface area contributed by atoms with E-state index in [4.69, 9.17) is 0 Å². The molecule has 140 valence electrons. The number of aromatic nitrogens is 1. The number of nitrogens with one attached hydrogen (secondary N) is 2. The van der Waals surface area contributed by atoms with Gasteiger partial charge in [-0.2, -0.15) is 0 Å². The monoisotopic (exact) mass is 364 g/mol. The molecular weight excluding hydrogens is 340 g/mol. The van der Waals surface area contributed by atoms with Gasteiger partial charge in [0.25, 0.3) is 5.91 Å². The third-order valence-corrected chi connectivity index (χ3v) is 4.46. The summed E-state index contributed by atoms with van der Waals surface area (Å²) in [5.41, 5.74) is 3.99. The molecule has 1 heterocycles. The molecule has 3 rings (SSSR count). The number of nitrogens with zero attached hydrogens (tertiary/aromatic N) is 2. The summed E-state index contributed by atoms with van der Waals surface area (Å²) in [6.45, 7) is 2.28. The first-order valence-corrected chi connectivity index (χ1v) is 8.77. The highest BCUT2D eigenvalue weighted by molar-refractivity contribution is 6.08. The number of anilines is 2. The molecule has 2 N–H and O–H groups in total. The summed E-state index contributed by atoms with van der Waals surface area (Å²) in [7, 11) is 5.58. The van der Waals surface area contributed by atoms with E-state index in [1.165, 1.54) is 0 Å². The smallest absolute Gasteiger partial charge is 0.272 e. The molecule has 0 aliphatic rings. The van der Waals surface area contributed by atoms with Crippen molar-refractivity contribution >= 4 is 34.1 Å². The summed E-state index contributed by atoms with van der Waals surface area (Å²) in [6.07, 6.45) is 0. The van der Waals surface area contributed by atoms with E-state index in [0.717, 1.165) is 16.5 Å². The Labute approximate surface area is 158 Å². The lowest BCUT2D eigenvalue weighted by molar-refractivity contribution is -0.116. The van der Waals surface area contributed by atoms with Crippen LogP contribution in [0.5, 0.6) is 0 Å². The summed E-state index contributed by atoms with van der Waals surface area (Å²) in [6, 6.07) is 15.1. The highest BCUT2D eigenvalue weighted by atomic mass is 16.2. The summed E-state index contributed by atoms with van der Waals surface area (Å²) in [5, 5.41) is 6.83. The fourth-order valence-electron chi connectivity index (χ4n) is 3.22. The third kappa shape index (κ3) is 4.01. The van der Waals surface area contributed by atoms with Crippen molar-refractivity contribution in [2.45, 2.75) is 6.92 Å². The van der Waals surface area contributed by atoms with Gasteiger partial charge in [-0.15, -0.1) is 0 Å². The van der Waals surface area contributed by atoms with Gasteiger partial charge in [0.05, 0.1) is 6.54 Å². The number of amides is 2. The molecule has 0 unspecified atom stereocenters. The summed E-state index contributed by atoms with van der Waals surface area (Å²) in [5.74, 6) is -0.237. The van der Waals surface area contributed by atoms with Gasteiger partial charge in [0.15, 0.2) is 0 Å². The van der Waals surface area contributed by atoms with E-state index in [9.17, 15) is 9.59 Å². The van der Waals surface area contributed by atoms with E-state index < -0.39 is 0 Å². The van der Waals surface area contributed by atoms with Crippen LogP contribution in [0.4, 0.5) is 11.4 Å². The fraction of sp³-hybridized carbons (Fsp3) is 0.238. The van der Waals surface area contributed by atoms with Gasteiger partial charge in [-0.1, -0.05) is 18.2 Å². The number of hydrogen-bond acceptors (Lipinski definition) is 3. The van der Waals surface area contributed by atoms with Crippen LogP contribution >= 0.6 is 0 Å². The number of carbonyl (C=O) groups excluding carboxylic acids is 2. The quantitative estimate of drug-likeness (QED) is 0.730. The van der Waals surface area contributed by atoms with E-state index in [-0.39, 0.29) is 11.8 Å². The van der Waals surface area contributed by atoms with Crippen LogP contribution in [-0.2, 0) is 11.8 Å². The van der Waals surface area contributed by atoms with E-state index in [0.29, 0.717) is 23.6 Å². The minimum Gasteiger partial charge on any atom is -0.339 e. The second-order valence-electron chi connectivity index (χ2n) is 6.87. The van der Waals surface area contributed by atoms with Gasteiger partial charge in [-0.05, 0) is 56.9 Å². The van der Waals surface area contributed by atoms with E-state index >= 15 is 0 Å². The fourth-order valence-corrected chi connectivity index (χ4v) is 3.22. The van der Waals surface area contributed by atoms with Gasteiger partial charge in [0.1, 0.15) is 5.69 Å². The number of rotatable bonds is 5. The van der Waals surface area contributed by atoms with Gasteiger partial charge in [0.2, 0.25) is 5.91 Å². The Morgan fingerprint density at radius 3 is 2.15 bits per heavy atom. The number of hydrogen-bond donors (Lipinski definition) is 2. The zero-order chi connectivity index (χ0) is 19.6. The lowest BCUT2D eigenvalue weighted by atomic mass is 10.1. The van der Waals surface area contributed by atoms with Crippen LogP contribution in [0.1, 0.15) is 16.1 Å². The largest absolute Gasteiger partial charge is 0.339 e. The molecule has 0 radical (unpaired) electrons. The second kappa shape index (κ2) is 7.63. The Morgan fingerprint density at radius 2 is 1.56 bits per heavy atom. The van der Waals surface area contributed by atoms with Gasteiger partial charge in [0, 0.05) is 29.3 Å². The highest BCUT2D eigenvalue weighted by Gasteiger charge is 2.18. The molecule has 1 aromatic heterocycles. The van der Waals surface area contributed by atoms with Crippen molar-refractivity contribution in [3.63, 3.8) is 0 Å². The molecule has 0 aliphatic heterocycles.